The molecule has 4 rings (SSSR count). The van der Waals surface area contributed by atoms with E-state index in [1.54, 1.807) is 11.3 Å². The number of aliphatic hydroxyl groups excluding tert-OH is 1. The Labute approximate surface area is 186 Å². The summed E-state index contributed by atoms with van der Waals surface area (Å²) in [6.07, 6.45) is 1.95. The van der Waals surface area contributed by atoms with Crippen LogP contribution in [0, 0.1) is 0 Å². The molecule has 1 aromatic rings. The molecule has 2 saturated heterocycles. The third-order valence-corrected chi connectivity index (χ3v) is 8.11. The van der Waals surface area contributed by atoms with E-state index in [0.29, 0.717) is 6.61 Å². The molecule has 1 saturated carbocycles. The van der Waals surface area contributed by atoms with E-state index in [4.69, 9.17) is 47.6 Å². The second-order valence-electron chi connectivity index (χ2n) is 7.68. The normalized spacial score (nSPS) is 35.9. The van der Waals surface area contributed by atoms with E-state index in [1.165, 1.54) is 0 Å². The monoisotopic (exact) mass is 476 g/mol. The predicted octanol–water partition coefficient (Wildman–Crippen LogP) is 1.95. The first-order valence-corrected chi connectivity index (χ1v) is 13.5. The standard InChI is InChI=1S/C18H26BO8PS2/c19-18-17-16(23-10-24-17)15(26-18)7-25-28(21,29)27-14-3-1-13(2-4-14)22-6-12-9-30-8-11(12)5-20/h8-9,13-18,20H,1-7,10H2,(H,21,29)/t13?,14?,15-,16?,17?,18-,28?/m0/s1. The lowest BCUT2D eigenvalue weighted by Gasteiger charge is -2.31. The SMILES string of the molecule is [B][C@H]1O[C@@H](COP(O)(=S)OC2CCC(OCc3cscc3CO)CC2)C2OCOC21. The fourth-order valence-electron chi connectivity index (χ4n) is 3.99. The summed E-state index contributed by atoms with van der Waals surface area (Å²) in [4.78, 5) is 10.5. The Balaban J connectivity index is 1.17. The average molecular weight is 476 g/mol. The molecule has 1 aromatic heterocycles. The molecule has 0 bridgehead atoms. The molecule has 0 amide bonds. The van der Waals surface area contributed by atoms with Gasteiger partial charge in [-0.2, -0.15) is 11.3 Å². The third-order valence-electron chi connectivity index (χ3n) is 5.65. The zero-order chi connectivity index (χ0) is 21.1. The van der Waals surface area contributed by atoms with Crippen molar-refractivity contribution in [3.8, 4) is 0 Å². The molecule has 8 nitrogen and oxygen atoms in total. The lowest BCUT2D eigenvalue weighted by molar-refractivity contribution is -0.0660. The first-order valence-electron chi connectivity index (χ1n) is 10.0. The van der Waals surface area contributed by atoms with Gasteiger partial charge in [0, 0.05) is 6.00 Å². The van der Waals surface area contributed by atoms with Crippen LogP contribution >= 0.6 is 18.1 Å². The number of fused-ring (bicyclic) bond motifs is 1. The van der Waals surface area contributed by atoms with E-state index < -0.39 is 18.8 Å². The molecule has 2 N–H and O–H groups in total. The highest BCUT2D eigenvalue weighted by Gasteiger charge is 2.47. The maximum atomic E-state index is 10.5. The Hall–Kier alpha value is 0.0949. The van der Waals surface area contributed by atoms with Crippen molar-refractivity contribution < 1.29 is 38.0 Å². The Morgan fingerprint density at radius 2 is 1.83 bits per heavy atom. The van der Waals surface area contributed by atoms with Gasteiger partial charge in [-0.05, 0) is 59.4 Å². The van der Waals surface area contributed by atoms with Gasteiger partial charge in [-0.3, -0.25) is 0 Å². The quantitative estimate of drug-likeness (QED) is 0.410. The fourth-order valence-corrected chi connectivity index (χ4v) is 6.36. The average Bonchev–Trinajstić information content (AvgIpc) is 3.44. The lowest BCUT2D eigenvalue weighted by atomic mass is 9.93. The highest BCUT2D eigenvalue weighted by atomic mass is 32.5. The minimum atomic E-state index is -3.41. The van der Waals surface area contributed by atoms with Crippen LogP contribution < -0.4 is 0 Å². The lowest BCUT2D eigenvalue weighted by Crippen LogP contribution is -2.32. The third kappa shape index (κ3) is 5.71. The second-order valence-corrected chi connectivity index (χ2v) is 11.2. The highest BCUT2D eigenvalue weighted by Crippen LogP contribution is 2.48. The molecule has 0 aromatic carbocycles. The van der Waals surface area contributed by atoms with Gasteiger partial charge in [0.25, 0.3) is 0 Å². The van der Waals surface area contributed by atoms with Crippen molar-refractivity contribution in [2.75, 3.05) is 13.4 Å². The van der Waals surface area contributed by atoms with Crippen LogP contribution in [0.3, 0.4) is 0 Å². The summed E-state index contributed by atoms with van der Waals surface area (Å²) in [5.74, 6) is 0. The minimum absolute atomic E-state index is 0.0300. The van der Waals surface area contributed by atoms with Crippen molar-refractivity contribution in [1.29, 1.82) is 0 Å². The molecule has 2 radical (unpaired) electrons. The summed E-state index contributed by atoms with van der Waals surface area (Å²) < 4.78 is 33.7. The molecule has 0 spiro atoms. The summed E-state index contributed by atoms with van der Waals surface area (Å²) in [6, 6.07) is -0.582. The summed E-state index contributed by atoms with van der Waals surface area (Å²) in [7, 11) is 5.87. The molecular formula is C18H26BO8PS2. The zero-order valence-corrected chi connectivity index (χ0v) is 19.0. The van der Waals surface area contributed by atoms with Gasteiger partial charge in [-0.1, -0.05) is 0 Å². The number of rotatable bonds is 9. The maximum absolute atomic E-state index is 10.5. The van der Waals surface area contributed by atoms with Gasteiger partial charge < -0.3 is 38.0 Å². The van der Waals surface area contributed by atoms with Crippen LogP contribution in [0.15, 0.2) is 10.8 Å². The van der Waals surface area contributed by atoms with E-state index >= 15 is 0 Å². The van der Waals surface area contributed by atoms with Crippen molar-refractivity contribution in [2.24, 2.45) is 0 Å². The zero-order valence-electron chi connectivity index (χ0n) is 16.5. The number of aliphatic hydroxyl groups is 1. The fraction of sp³-hybridized carbons (Fsp3) is 0.778. The molecule has 5 atom stereocenters. The van der Waals surface area contributed by atoms with Crippen LogP contribution in [-0.2, 0) is 53.0 Å². The summed E-state index contributed by atoms with van der Waals surface area (Å²) in [5, 5.41) is 13.3. The first kappa shape index (κ1) is 23.3. The van der Waals surface area contributed by atoms with Gasteiger partial charge in [0.1, 0.15) is 33.0 Å². The topological polar surface area (TPSA) is 95.8 Å². The predicted molar refractivity (Wildman–Crippen MR) is 114 cm³/mol. The van der Waals surface area contributed by atoms with Gasteiger partial charge in [0.2, 0.25) is 0 Å². The van der Waals surface area contributed by atoms with Crippen LogP contribution in [-0.4, -0.2) is 67.8 Å². The maximum Gasteiger partial charge on any atom is 0.324 e. The van der Waals surface area contributed by atoms with Crippen LogP contribution in [0.2, 0.25) is 0 Å². The van der Waals surface area contributed by atoms with Crippen LogP contribution in [0.4, 0.5) is 0 Å². The highest BCUT2D eigenvalue weighted by molar-refractivity contribution is 8.07. The second kappa shape index (κ2) is 10.4. The van der Waals surface area contributed by atoms with Crippen LogP contribution in [0.25, 0.3) is 0 Å². The molecule has 1 aliphatic carbocycles. The Kier molecular flexibility index (Phi) is 8.03. The minimum Gasteiger partial charge on any atom is -0.392 e. The van der Waals surface area contributed by atoms with E-state index in [1.807, 2.05) is 10.8 Å². The Morgan fingerprint density at radius 3 is 2.60 bits per heavy atom. The van der Waals surface area contributed by atoms with Gasteiger partial charge in [0.15, 0.2) is 0 Å². The van der Waals surface area contributed by atoms with E-state index in [-0.39, 0.29) is 44.4 Å². The molecular weight excluding hydrogens is 450 g/mol. The largest absolute Gasteiger partial charge is 0.392 e. The number of hydrogen-bond acceptors (Lipinski definition) is 9. The molecule has 12 heteroatoms. The van der Waals surface area contributed by atoms with Gasteiger partial charge in [-0.25, -0.2) is 0 Å². The number of ether oxygens (including phenoxy) is 4. The summed E-state index contributed by atoms with van der Waals surface area (Å²) in [5.41, 5.74) is 1.95. The molecule has 30 heavy (non-hydrogen) atoms. The van der Waals surface area contributed by atoms with Crippen molar-refractivity contribution in [3.63, 3.8) is 0 Å². The number of hydrogen-bond donors (Lipinski definition) is 2. The van der Waals surface area contributed by atoms with Crippen molar-refractivity contribution >= 4 is 37.7 Å². The van der Waals surface area contributed by atoms with Crippen molar-refractivity contribution in [2.45, 2.75) is 75.4 Å². The van der Waals surface area contributed by atoms with E-state index in [0.717, 1.165) is 36.8 Å². The van der Waals surface area contributed by atoms with Crippen LogP contribution in [0.5, 0.6) is 0 Å². The van der Waals surface area contributed by atoms with E-state index in [2.05, 4.69) is 0 Å². The number of thiophene rings is 1. The van der Waals surface area contributed by atoms with Gasteiger partial charge >= 0.3 is 6.72 Å². The molecule has 3 unspecified atom stereocenters. The first-order chi connectivity index (χ1) is 14.4. The molecule has 166 valence electrons. The van der Waals surface area contributed by atoms with Gasteiger partial charge in [-0.15, -0.1) is 0 Å². The van der Waals surface area contributed by atoms with Crippen molar-refractivity contribution in [1.82, 2.24) is 0 Å². The molecule has 2 aliphatic heterocycles. The Bertz CT molecular complexity index is 744. The molecule has 3 fully saturated rings. The summed E-state index contributed by atoms with van der Waals surface area (Å²) in [6.45, 7) is -2.67. The smallest absolute Gasteiger partial charge is 0.324 e. The van der Waals surface area contributed by atoms with Crippen LogP contribution in [0.1, 0.15) is 36.8 Å². The molecule has 3 heterocycles. The van der Waals surface area contributed by atoms with Gasteiger partial charge in [0.05, 0.1) is 32.0 Å². The Morgan fingerprint density at radius 1 is 1.13 bits per heavy atom. The van der Waals surface area contributed by atoms with E-state index in [9.17, 15) is 10.00 Å². The molecule has 3 aliphatic rings. The summed E-state index contributed by atoms with van der Waals surface area (Å²) >= 11 is 6.74. The van der Waals surface area contributed by atoms with Crippen molar-refractivity contribution in [3.05, 3.63) is 21.9 Å².